The van der Waals surface area contributed by atoms with Crippen LogP contribution in [0.15, 0.2) is 0 Å². The van der Waals surface area contributed by atoms with Crippen LogP contribution in [0.5, 0.6) is 0 Å². The van der Waals surface area contributed by atoms with Gasteiger partial charge in [0.2, 0.25) is 0 Å². The number of rotatable bonds is 5. The van der Waals surface area contributed by atoms with Gasteiger partial charge in [0.25, 0.3) is 0 Å². The molecule has 0 N–H and O–H groups in total. The monoisotopic (exact) mass is 275 g/mol. The molecule has 19 heavy (non-hydrogen) atoms. The predicted molar refractivity (Wildman–Crippen MR) is 65.5 cm³/mol. The van der Waals surface area contributed by atoms with Crippen molar-refractivity contribution in [3.63, 3.8) is 0 Å². The minimum absolute atomic E-state index is 0.127. The average molecular weight is 275 g/mol. The van der Waals surface area contributed by atoms with Crippen molar-refractivity contribution in [1.82, 2.24) is 4.90 Å². The molecule has 0 saturated carbocycles. The molecule has 1 rings (SSSR count). The van der Waals surface area contributed by atoms with Crippen LogP contribution in [-0.4, -0.2) is 62.8 Å². The van der Waals surface area contributed by atoms with E-state index in [0.717, 1.165) is 0 Å². The van der Waals surface area contributed by atoms with Gasteiger partial charge in [0.15, 0.2) is 5.79 Å². The van der Waals surface area contributed by atoms with Gasteiger partial charge in [-0.15, -0.1) is 0 Å². The Balaban J connectivity index is 2.89. The molecular weight excluding hydrogens is 254 g/mol. The number of carbonyl (C=O) groups excluding carboxylic acids is 2. The van der Waals surface area contributed by atoms with Crippen LogP contribution in [-0.2, 0) is 23.7 Å². The molecule has 0 aliphatic carbocycles. The molecule has 7 heteroatoms. The Bertz CT molecular complexity index is 300. The standard InChI is InChI=1S/C12H21NO6/c1-5-18-10(14)9-7-12(16-3,17-4)8-13(9)11(15)19-6-2/h9H,5-8H2,1-4H3/t9-/m1/s1. The Kier molecular flexibility index (Phi) is 5.56. The molecule has 1 saturated heterocycles. The molecular formula is C12H21NO6. The van der Waals surface area contributed by atoms with E-state index in [1.807, 2.05) is 0 Å². The fourth-order valence-electron chi connectivity index (χ4n) is 2.07. The highest BCUT2D eigenvalue weighted by Crippen LogP contribution is 2.31. The first kappa shape index (κ1) is 15.7. The molecule has 1 fully saturated rings. The summed E-state index contributed by atoms with van der Waals surface area (Å²) in [6.07, 6.45) is -0.353. The third kappa shape index (κ3) is 3.36. The van der Waals surface area contributed by atoms with Gasteiger partial charge < -0.3 is 18.9 Å². The van der Waals surface area contributed by atoms with E-state index in [2.05, 4.69) is 0 Å². The molecule has 0 aromatic heterocycles. The lowest BCUT2D eigenvalue weighted by Gasteiger charge is -2.25. The van der Waals surface area contributed by atoms with Gasteiger partial charge in [-0.1, -0.05) is 0 Å². The second-order valence-corrected chi connectivity index (χ2v) is 4.12. The molecule has 0 bridgehead atoms. The number of methoxy groups -OCH3 is 2. The van der Waals surface area contributed by atoms with Crippen molar-refractivity contribution in [2.45, 2.75) is 32.1 Å². The maximum atomic E-state index is 11.9. The lowest BCUT2D eigenvalue weighted by atomic mass is 10.1. The van der Waals surface area contributed by atoms with Gasteiger partial charge in [0.1, 0.15) is 6.04 Å². The van der Waals surface area contributed by atoms with Crippen molar-refractivity contribution >= 4 is 12.1 Å². The van der Waals surface area contributed by atoms with Crippen LogP contribution >= 0.6 is 0 Å². The van der Waals surface area contributed by atoms with Gasteiger partial charge in [0.05, 0.1) is 19.8 Å². The molecule has 110 valence electrons. The number of ether oxygens (including phenoxy) is 4. The Morgan fingerprint density at radius 1 is 1.16 bits per heavy atom. The Labute approximate surface area is 112 Å². The van der Waals surface area contributed by atoms with E-state index >= 15 is 0 Å². The third-order valence-electron chi connectivity index (χ3n) is 3.10. The summed E-state index contributed by atoms with van der Waals surface area (Å²) >= 11 is 0. The van der Waals surface area contributed by atoms with Crippen LogP contribution in [0.25, 0.3) is 0 Å². The molecule has 1 heterocycles. The van der Waals surface area contributed by atoms with Gasteiger partial charge >= 0.3 is 12.1 Å². The highest BCUT2D eigenvalue weighted by molar-refractivity contribution is 5.82. The number of amides is 1. The molecule has 0 radical (unpaired) electrons. The first-order valence-electron chi connectivity index (χ1n) is 6.23. The first-order valence-corrected chi connectivity index (χ1v) is 6.23. The second kappa shape index (κ2) is 6.72. The number of esters is 1. The van der Waals surface area contributed by atoms with Gasteiger partial charge in [-0.2, -0.15) is 0 Å². The zero-order valence-electron chi connectivity index (χ0n) is 11.8. The van der Waals surface area contributed by atoms with Crippen molar-refractivity contribution in [3.05, 3.63) is 0 Å². The van der Waals surface area contributed by atoms with Crippen LogP contribution in [0.4, 0.5) is 4.79 Å². The number of hydrogen-bond acceptors (Lipinski definition) is 6. The van der Waals surface area contributed by atoms with Crippen molar-refractivity contribution in [3.8, 4) is 0 Å². The summed E-state index contributed by atoms with van der Waals surface area (Å²) < 4.78 is 20.5. The minimum Gasteiger partial charge on any atom is -0.464 e. The van der Waals surface area contributed by atoms with Crippen molar-refractivity contribution in [1.29, 1.82) is 0 Å². The maximum Gasteiger partial charge on any atom is 0.410 e. The zero-order chi connectivity index (χ0) is 14.5. The summed E-state index contributed by atoms with van der Waals surface area (Å²) in [5.41, 5.74) is 0. The van der Waals surface area contributed by atoms with Crippen LogP contribution < -0.4 is 0 Å². The molecule has 1 aliphatic heterocycles. The SMILES string of the molecule is CCOC(=O)[C@H]1CC(OC)(OC)CN1C(=O)OCC. The fraction of sp³-hybridized carbons (Fsp3) is 0.833. The van der Waals surface area contributed by atoms with Crippen LogP contribution in [0.3, 0.4) is 0 Å². The predicted octanol–water partition coefficient (Wildman–Crippen LogP) is 0.769. The maximum absolute atomic E-state index is 11.9. The van der Waals surface area contributed by atoms with E-state index < -0.39 is 23.9 Å². The normalized spacial score (nSPS) is 21.3. The van der Waals surface area contributed by atoms with Gasteiger partial charge in [-0.05, 0) is 13.8 Å². The van der Waals surface area contributed by atoms with E-state index in [0.29, 0.717) is 0 Å². The van der Waals surface area contributed by atoms with E-state index in [4.69, 9.17) is 18.9 Å². The van der Waals surface area contributed by atoms with E-state index in [1.165, 1.54) is 19.1 Å². The van der Waals surface area contributed by atoms with Crippen molar-refractivity contribution < 1.29 is 28.5 Å². The molecule has 0 aromatic rings. The van der Waals surface area contributed by atoms with E-state index in [1.54, 1.807) is 13.8 Å². The van der Waals surface area contributed by atoms with Gasteiger partial charge in [-0.25, -0.2) is 9.59 Å². The van der Waals surface area contributed by atoms with E-state index in [-0.39, 0.29) is 26.2 Å². The van der Waals surface area contributed by atoms with E-state index in [9.17, 15) is 9.59 Å². The zero-order valence-corrected chi connectivity index (χ0v) is 11.8. The number of carbonyl (C=O) groups is 2. The Morgan fingerprint density at radius 2 is 1.74 bits per heavy atom. The molecule has 0 aromatic carbocycles. The summed E-state index contributed by atoms with van der Waals surface area (Å²) in [4.78, 5) is 25.1. The average Bonchev–Trinajstić information content (AvgIpc) is 2.80. The topological polar surface area (TPSA) is 74.3 Å². The molecule has 1 amide bonds. The lowest BCUT2D eigenvalue weighted by Crippen LogP contribution is -2.42. The molecule has 1 atom stereocenters. The van der Waals surface area contributed by atoms with Gasteiger partial charge in [-0.3, -0.25) is 4.90 Å². The third-order valence-corrected chi connectivity index (χ3v) is 3.10. The summed E-state index contributed by atoms with van der Waals surface area (Å²) in [5.74, 6) is -1.48. The molecule has 1 aliphatic rings. The Morgan fingerprint density at radius 3 is 2.21 bits per heavy atom. The van der Waals surface area contributed by atoms with Crippen LogP contribution in [0, 0.1) is 0 Å². The van der Waals surface area contributed by atoms with Crippen molar-refractivity contribution in [2.24, 2.45) is 0 Å². The summed E-state index contributed by atoms with van der Waals surface area (Å²) in [7, 11) is 2.95. The number of hydrogen-bond donors (Lipinski definition) is 0. The van der Waals surface area contributed by atoms with Gasteiger partial charge in [0, 0.05) is 20.6 Å². The van der Waals surface area contributed by atoms with Crippen LogP contribution in [0.1, 0.15) is 20.3 Å². The van der Waals surface area contributed by atoms with Crippen molar-refractivity contribution in [2.75, 3.05) is 34.0 Å². The fourth-order valence-corrected chi connectivity index (χ4v) is 2.07. The summed E-state index contributed by atoms with van der Waals surface area (Å²) in [6.45, 7) is 4.02. The molecule has 0 spiro atoms. The quantitative estimate of drug-likeness (QED) is 0.545. The highest BCUT2D eigenvalue weighted by atomic mass is 16.7. The molecule has 0 unspecified atom stereocenters. The summed E-state index contributed by atoms with van der Waals surface area (Å²) in [6, 6.07) is -0.751. The second-order valence-electron chi connectivity index (χ2n) is 4.12. The van der Waals surface area contributed by atoms with Crippen LogP contribution in [0.2, 0.25) is 0 Å². The Hall–Kier alpha value is -1.34. The number of likely N-dealkylation sites (tertiary alicyclic amines) is 1. The largest absolute Gasteiger partial charge is 0.464 e. The lowest BCUT2D eigenvalue weighted by molar-refractivity contribution is -0.196. The first-order chi connectivity index (χ1) is 9.03. The summed E-state index contributed by atoms with van der Waals surface area (Å²) in [5, 5.41) is 0. The minimum atomic E-state index is -0.996. The molecule has 7 nitrogen and oxygen atoms in total. The number of nitrogens with zero attached hydrogens (tertiary/aromatic N) is 1. The highest BCUT2D eigenvalue weighted by Gasteiger charge is 2.51. The smallest absolute Gasteiger partial charge is 0.410 e.